The molecule has 3 aromatic rings. The average molecular weight is 375 g/mol. The van der Waals surface area contributed by atoms with E-state index in [2.05, 4.69) is 20.7 Å². The van der Waals surface area contributed by atoms with Gasteiger partial charge in [0.05, 0.1) is 0 Å². The molecule has 0 spiro atoms. The van der Waals surface area contributed by atoms with E-state index in [9.17, 15) is 9.59 Å². The van der Waals surface area contributed by atoms with Gasteiger partial charge in [-0.1, -0.05) is 12.1 Å². The number of anilines is 2. The van der Waals surface area contributed by atoms with Crippen LogP contribution in [-0.4, -0.2) is 26.6 Å². The van der Waals surface area contributed by atoms with E-state index in [1.54, 1.807) is 41.4 Å². The number of benzene rings is 1. The van der Waals surface area contributed by atoms with E-state index < -0.39 is 0 Å². The highest BCUT2D eigenvalue weighted by atomic mass is 16.2. The molecule has 0 bridgehead atoms. The summed E-state index contributed by atoms with van der Waals surface area (Å²) in [5.74, 6) is 0.124. The number of rotatable bonds is 7. The highest BCUT2D eigenvalue weighted by molar-refractivity contribution is 6.01. The number of hydrogen-bond donors (Lipinski definition) is 2. The Labute approximate surface area is 163 Å². The van der Waals surface area contributed by atoms with Crippen molar-refractivity contribution in [1.82, 2.24) is 14.8 Å². The predicted octanol–water partition coefficient (Wildman–Crippen LogP) is 3.13. The maximum absolute atomic E-state index is 12.1. The number of amides is 2. The number of carbonyl (C=O) groups excluding carboxylic acids is 2. The number of carbonyl (C=O) groups is 2. The second-order valence-electron chi connectivity index (χ2n) is 6.20. The summed E-state index contributed by atoms with van der Waals surface area (Å²) in [6, 6.07) is 12.9. The minimum atomic E-state index is -0.259. The molecule has 0 saturated heterocycles. The first kappa shape index (κ1) is 19.0. The molecule has 0 radical (unpaired) electrons. The van der Waals surface area contributed by atoms with Crippen molar-refractivity contribution in [2.24, 2.45) is 0 Å². The SMILES string of the molecule is CC(=O)Nc1ccc(/C=C/C(=O)Nc2ccn(CCc3ccncc3)n2)cc1. The molecule has 2 aromatic heterocycles. The van der Waals surface area contributed by atoms with Crippen LogP contribution in [0, 0.1) is 0 Å². The molecule has 1 aromatic carbocycles. The molecule has 3 rings (SSSR count). The van der Waals surface area contributed by atoms with E-state index in [0.29, 0.717) is 11.5 Å². The molecule has 0 unspecified atom stereocenters. The molecule has 0 aliphatic rings. The standard InChI is InChI=1S/C21H21N5O2/c1-16(27)23-19-5-2-17(3-6-19)4-7-21(28)24-20-11-15-26(25-20)14-10-18-8-12-22-13-9-18/h2-9,11-13,15H,10,14H2,1H3,(H,23,27)(H,24,25,28)/b7-4+. The molecule has 0 aliphatic heterocycles. The van der Waals surface area contributed by atoms with Crippen molar-refractivity contribution < 1.29 is 9.59 Å². The highest BCUT2D eigenvalue weighted by Gasteiger charge is 2.03. The molecular weight excluding hydrogens is 354 g/mol. The van der Waals surface area contributed by atoms with Gasteiger partial charge >= 0.3 is 0 Å². The molecule has 0 fully saturated rings. The molecule has 2 N–H and O–H groups in total. The van der Waals surface area contributed by atoms with Gasteiger partial charge in [-0.3, -0.25) is 19.3 Å². The second-order valence-corrected chi connectivity index (χ2v) is 6.20. The van der Waals surface area contributed by atoms with Crippen molar-refractivity contribution in [3.8, 4) is 0 Å². The Morgan fingerprint density at radius 1 is 1.04 bits per heavy atom. The fraction of sp³-hybridized carbons (Fsp3) is 0.143. The fourth-order valence-electron chi connectivity index (χ4n) is 2.57. The molecule has 0 atom stereocenters. The summed E-state index contributed by atoms with van der Waals surface area (Å²) in [5.41, 5.74) is 2.75. The van der Waals surface area contributed by atoms with Crippen molar-refractivity contribution >= 4 is 29.4 Å². The quantitative estimate of drug-likeness (QED) is 0.621. The van der Waals surface area contributed by atoms with Crippen molar-refractivity contribution in [2.75, 3.05) is 10.6 Å². The first-order valence-corrected chi connectivity index (χ1v) is 8.87. The number of pyridine rings is 1. The van der Waals surface area contributed by atoms with Gasteiger partial charge in [-0.25, -0.2) is 0 Å². The Kier molecular flexibility index (Phi) is 6.30. The molecule has 0 aliphatic carbocycles. The Morgan fingerprint density at radius 2 is 1.79 bits per heavy atom. The largest absolute Gasteiger partial charge is 0.326 e. The van der Waals surface area contributed by atoms with Crippen LogP contribution in [-0.2, 0) is 22.6 Å². The van der Waals surface area contributed by atoms with E-state index in [0.717, 1.165) is 18.5 Å². The topological polar surface area (TPSA) is 88.9 Å². The smallest absolute Gasteiger partial charge is 0.249 e. The van der Waals surface area contributed by atoms with Crippen molar-refractivity contribution in [1.29, 1.82) is 0 Å². The molecular formula is C21H21N5O2. The summed E-state index contributed by atoms with van der Waals surface area (Å²) in [6.07, 6.45) is 9.36. The van der Waals surface area contributed by atoms with Gasteiger partial charge in [0.25, 0.3) is 0 Å². The zero-order valence-corrected chi connectivity index (χ0v) is 15.5. The Morgan fingerprint density at radius 3 is 2.50 bits per heavy atom. The summed E-state index contributed by atoms with van der Waals surface area (Å²) in [7, 11) is 0. The lowest BCUT2D eigenvalue weighted by Gasteiger charge is -2.02. The zero-order chi connectivity index (χ0) is 19.8. The molecule has 28 heavy (non-hydrogen) atoms. The van der Waals surface area contributed by atoms with Crippen LogP contribution in [0.2, 0.25) is 0 Å². The molecule has 2 amide bonds. The molecule has 0 saturated carbocycles. The molecule has 7 nitrogen and oxygen atoms in total. The molecule has 142 valence electrons. The van der Waals surface area contributed by atoms with Crippen molar-refractivity contribution in [3.05, 3.63) is 78.3 Å². The van der Waals surface area contributed by atoms with Crippen LogP contribution in [0.4, 0.5) is 11.5 Å². The van der Waals surface area contributed by atoms with Crippen molar-refractivity contribution in [3.63, 3.8) is 0 Å². The number of aromatic nitrogens is 3. The van der Waals surface area contributed by atoms with Crippen LogP contribution in [0.15, 0.2) is 67.1 Å². The summed E-state index contributed by atoms with van der Waals surface area (Å²) in [6.45, 7) is 2.18. The summed E-state index contributed by atoms with van der Waals surface area (Å²) < 4.78 is 1.79. The van der Waals surface area contributed by atoms with E-state index in [-0.39, 0.29) is 11.8 Å². The minimum absolute atomic E-state index is 0.122. The first-order valence-electron chi connectivity index (χ1n) is 8.87. The highest BCUT2D eigenvalue weighted by Crippen LogP contribution is 2.11. The fourth-order valence-corrected chi connectivity index (χ4v) is 2.57. The first-order chi connectivity index (χ1) is 13.6. The van der Waals surface area contributed by atoms with Gasteiger partial charge in [-0.2, -0.15) is 5.10 Å². The maximum Gasteiger partial charge on any atom is 0.249 e. The van der Waals surface area contributed by atoms with Crippen LogP contribution in [0.5, 0.6) is 0 Å². The monoisotopic (exact) mass is 375 g/mol. The van der Waals surface area contributed by atoms with Crippen LogP contribution in [0.25, 0.3) is 6.08 Å². The Balaban J connectivity index is 1.50. The lowest BCUT2D eigenvalue weighted by atomic mass is 10.2. The van der Waals surface area contributed by atoms with Gasteiger partial charge in [-0.15, -0.1) is 0 Å². The molecule has 7 heteroatoms. The lowest BCUT2D eigenvalue weighted by Crippen LogP contribution is -2.09. The van der Waals surface area contributed by atoms with Gasteiger partial charge in [0.15, 0.2) is 5.82 Å². The third kappa shape index (κ3) is 5.91. The molecule has 2 heterocycles. The van der Waals surface area contributed by atoms with E-state index in [1.807, 2.05) is 30.5 Å². The Hall–Kier alpha value is -3.74. The van der Waals surface area contributed by atoms with Gasteiger partial charge < -0.3 is 10.6 Å². The normalized spacial score (nSPS) is 10.8. The van der Waals surface area contributed by atoms with E-state index in [4.69, 9.17) is 0 Å². The number of aryl methyl sites for hydroxylation is 2. The third-order valence-corrected chi connectivity index (χ3v) is 3.93. The predicted molar refractivity (Wildman–Crippen MR) is 109 cm³/mol. The maximum atomic E-state index is 12.1. The minimum Gasteiger partial charge on any atom is -0.326 e. The van der Waals surface area contributed by atoms with E-state index in [1.165, 1.54) is 18.6 Å². The van der Waals surface area contributed by atoms with E-state index >= 15 is 0 Å². The van der Waals surface area contributed by atoms with Gasteiger partial charge in [0.2, 0.25) is 11.8 Å². The average Bonchev–Trinajstić information content (AvgIpc) is 3.13. The number of hydrogen-bond acceptors (Lipinski definition) is 4. The summed E-state index contributed by atoms with van der Waals surface area (Å²) in [4.78, 5) is 27.1. The van der Waals surface area contributed by atoms with Crippen LogP contribution in [0.3, 0.4) is 0 Å². The second kappa shape index (κ2) is 9.27. The lowest BCUT2D eigenvalue weighted by molar-refractivity contribution is -0.114. The summed E-state index contributed by atoms with van der Waals surface area (Å²) >= 11 is 0. The Bertz CT molecular complexity index is 962. The van der Waals surface area contributed by atoms with Crippen LogP contribution < -0.4 is 10.6 Å². The third-order valence-electron chi connectivity index (χ3n) is 3.93. The van der Waals surface area contributed by atoms with Gasteiger partial charge in [0, 0.05) is 49.9 Å². The number of nitrogens with zero attached hydrogens (tertiary/aromatic N) is 3. The van der Waals surface area contributed by atoms with Crippen molar-refractivity contribution in [2.45, 2.75) is 19.9 Å². The number of nitrogens with one attached hydrogen (secondary N) is 2. The van der Waals surface area contributed by atoms with Crippen LogP contribution in [0.1, 0.15) is 18.1 Å². The van der Waals surface area contributed by atoms with Gasteiger partial charge in [-0.05, 0) is 47.9 Å². The summed E-state index contributed by atoms with van der Waals surface area (Å²) in [5, 5.41) is 9.79. The van der Waals surface area contributed by atoms with Crippen LogP contribution >= 0.6 is 0 Å². The zero-order valence-electron chi connectivity index (χ0n) is 15.5. The van der Waals surface area contributed by atoms with Gasteiger partial charge in [0.1, 0.15) is 0 Å².